The first-order valence-corrected chi connectivity index (χ1v) is 4.85. The van der Waals surface area contributed by atoms with Gasteiger partial charge in [-0.05, 0) is 18.1 Å². The predicted octanol–water partition coefficient (Wildman–Crippen LogP) is 2.48. The van der Waals surface area contributed by atoms with Gasteiger partial charge in [-0.1, -0.05) is 36.4 Å². The quantitative estimate of drug-likeness (QED) is 0.787. The number of benzene rings is 1. The molecule has 0 fully saturated rings. The highest BCUT2D eigenvalue weighted by molar-refractivity contribution is 6.31. The van der Waals surface area contributed by atoms with E-state index in [2.05, 4.69) is 11.9 Å². The van der Waals surface area contributed by atoms with E-state index >= 15 is 0 Å². The molecule has 0 atom stereocenters. The Labute approximate surface area is 92.7 Å². The summed E-state index contributed by atoms with van der Waals surface area (Å²) in [6.45, 7) is 3.23. The van der Waals surface area contributed by atoms with Crippen LogP contribution in [0.25, 0.3) is 0 Å². The normalized spacial score (nSPS) is 9.73. The lowest BCUT2D eigenvalue weighted by Crippen LogP contribution is -2.25. The predicted molar refractivity (Wildman–Crippen MR) is 58.4 cm³/mol. The summed E-state index contributed by atoms with van der Waals surface area (Å²) in [4.78, 5) is 10.8. The van der Waals surface area contributed by atoms with Crippen molar-refractivity contribution >= 4 is 17.5 Å². The fraction of sp³-hybridized carbons (Fsp3) is 0.182. The lowest BCUT2D eigenvalue weighted by molar-refractivity contribution is -0.118. The number of carbonyl (C=O) groups is 1. The highest BCUT2D eigenvalue weighted by Crippen LogP contribution is 2.14. The molecule has 0 aliphatic carbocycles. The van der Waals surface area contributed by atoms with Gasteiger partial charge in [0.05, 0.1) is 0 Å². The number of halogens is 2. The molecule has 1 amide bonds. The molecule has 1 rings (SSSR count). The van der Waals surface area contributed by atoms with Crippen molar-refractivity contribution in [3.05, 3.63) is 47.3 Å². The van der Waals surface area contributed by atoms with E-state index in [1.807, 2.05) is 18.2 Å². The van der Waals surface area contributed by atoms with Crippen molar-refractivity contribution in [2.24, 2.45) is 0 Å². The maximum Gasteiger partial charge on any atom is 0.279 e. The molecular formula is C11H11ClFNO. The van der Waals surface area contributed by atoms with Gasteiger partial charge in [-0.25, -0.2) is 4.39 Å². The molecule has 0 unspecified atom stereocenters. The third kappa shape index (κ3) is 3.72. The van der Waals surface area contributed by atoms with Crippen LogP contribution in [-0.4, -0.2) is 12.5 Å². The molecule has 0 aliphatic heterocycles. The van der Waals surface area contributed by atoms with Crippen LogP contribution in [0.2, 0.25) is 5.02 Å². The van der Waals surface area contributed by atoms with E-state index in [-0.39, 0.29) is 0 Å². The first-order valence-electron chi connectivity index (χ1n) is 4.47. The number of hydrogen-bond acceptors (Lipinski definition) is 1. The first-order chi connectivity index (χ1) is 7.11. The van der Waals surface area contributed by atoms with Gasteiger partial charge in [0.15, 0.2) is 5.83 Å². The SMILES string of the molecule is C=C(F)C(=O)NCCc1ccccc1Cl. The van der Waals surface area contributed by atoms with E-state index in [1.54, 1.807) is 6.07 Å². The maximum atomic E-state index is 12.3. The second-order valence-corrected chi connectivity index (χ2v) is 3.41. The van der Waals surface area contributed by atoms with Gasteiger partial charge >= 0.3 is 0 Å². The van der Waals surface area contributed by atoms with Crippen LogP contribution in [0.15, 0.2) is 36.7 Å². The van der Waals surface area contributed by atoms with Gasteiger partial charge < -0.3 is 5.32 Å². The first kappa shape index (κ1) is 11.7. The van der Waals surface area contributed by atoms with E-state index in [0.29, 0.717) is 18.0 Å². The molecule has 0 bridgehead atoms. The van der Waals surface area contributed by atoms with E-state index in [0.717, 1.165) is 5.56 Å². The Kier molecular flexibility index (Phi) is 4.31. The van der Waals surface area contributed by atoms with Crippen molar-refractivity contribution in [3.63, 3.8) is 0 Å². The molecule has 0 spiro atoms. The Balaban J connectivity index is 2.42. The molecule has 4 heteroatoms. The molecule has 0 radical (unpaired) electrons. The molecular weight excluding hydrogens is 217 g/mol. The molecule has 0 heterocycles. The molecule has 0 aliphatic rings. The zero-order chi connectivity index (χ0) is 11.3. The molecule has 2 nitrogen and oxygen atoms in total. The van der Waals surface area contributed by atoms with Crippen molar-refractivity contribution in [1.82, 2.24) is 5.32 Å². The Morgan fingerprint density at radius 1 is 1.47 bits per heavy atom. The van der Waals surface area contributed by atoms with Crippen LogP contribution in [0.3, 0.4) is 0 Å². The molecule has 0 saturated carbocycles. The van der Waals surface area contributed by atoms with E-state index < -0.39 is 11.7 Å². The molecule has 80 valence electrons. The number of carbonyl (C=O) groups excluding carboxylic acids is 1. The second kappa shape index (κ2) is 5.51. The number of nitrogens with one attached hydrogen (secondary N) is 1. The summed E-state index contributed by atoms with van der Waals surface area (Å²) in [6, 6.07) is 7.32. The maximum absolute atomic E-state index is 12.3. The average molecular weight is 228 g/mol. The summed E-state index contributed by atoms with van der Waals surface area (Å²) in [7, 11) is 0. The molecule has 0 aromatic heterocycles. The van der Waals surface area contributed by atoms with Gasteiger partial charge in [0.1, 0.15) is 0 Å². The molecule has 15 heavy (non-hydrogen) atoms. The summed E-state index contributed by atoms with van der Waals surface area (Å²) in [6.07, 6.45) is 0.568. The van der Waals surface area contributed by atoms with Crippen molar-refractivity contribution in [2.45, 2.75) is 6.42 Å². The van der Waals surface area contributed by atoms with Gasteiger partial charge in [0, 0.05) is 11.6 Å². The topological polar surface area (TPSA) is 29.1 Å². The Bertz CT molecular complexity index is 379. The largest absolute Gasteiger partial charge is 0.350 e. The van der Waals surface area contributed by atoms with E-state index in [1.165, 1.54) is 0 Å². The Morgan fingerprint density at radius 3 is 2.73 bits per heavy atom. The van der Waals surface area contributed by atoms with Gasteiger partial charge in [0.25, 0.3) is 5.91 Å². The minimum atomic E-state index is -0.978. The summed E-state index contributed by atoms with van der Waals surface area (Å²) in [5.74, 6) is -1.75. The van der Waals surface area contributed by atoms with Crippen LogP contribution in [-0.2, 0) is 11.2 Å². The number of rotatable bonds is 4. The van der Waals surface area contributed by atoms with Crippen LogP contribution in [0.4, 0.5) is 4.39 Å². The van der Waals surface area contributed by atoms with Crippen molar-refractivity contribution in [2.75, 3.05) is 6.54 Å². The molecule has 1 aromatic rings. The summed E-state index contributed by atoms with van der Waals surface area (Å²) < 4.78 is 12.3. The standard InChI is InChI=1S/C11H11ClFNO/c1-8(13)11(15)14-7-6-9-4-2-3-5-10(9)12/h2-5H,1,6-7H2,(H,14,15). The highest BCUT2D eigenvalue weighted by Gasteiger charge is 2.04. The smallest absolute Gasteiger partial charge is 0.279 e. The van der Waals surface area contributed by atoms with Crippen LogP contribution in [0, 0.1) is 0 Å². The summed E-state index contributed by atoms with van der Waals surface area (Å²) >= 11 is 5.90. The molecule has 0 saturated heterocycles. The van der Waals surface area contributed by atoms with Gasteiger partial charge in [-0.3, -0.25) is 4.79 Å². The lowest BCUT2D eigenvalue weighted by Gasteiger charge is -2.04. The van der Waals surface area contributed by atoms with E-state index in [4.69, 9.17) is 11.6 Å². The molecule has 1 N–H and O–H groups in total. The highest BCUT2D eigenvalue weighted by atomic mass is 35.5. The monoisotopic (exact) mass is 227 g/mol. The zero-order valence-electron chi connectivity index (χ0n) is 8.09. The fourth-order valence-corrected chi connectivity index (χ4v) is 1.34. The Hall–Kier alpha value is -1.35. The van der Waals surface area contributed by atoms with Crippen molar-refractivity contribution in [3.8, 4) is 0 Å². The average Bonchev–Trinajstić information content (AvgIpc) is 2.20. The Morgan fingerprint density at radius 2 is 2.13 bits per heavy atom. The van der Waals surface area contributed by atoms with Crippen LogP contribution < -0.4 is 5.32 Å². The number of hydrogen-bond donors (Lipinski definition) is 1. The summed E-state index contributed by atoms with van der Waals surface area (Å²) in [5.41, 5.74) is 0.920. The van der Waals surface area contributed by atoms with Gasteiger partial charge in [-0.2, -0.15) is 0 Å². The lowest BCUT2D eigenvalue weighted by atomic mass is 10.1. The number of amides is 1. The van der Waals surface area contributed by atoms with Crippen molar-refractivity contribution in [1.29, 1.82) is 0 Å². The third-order valence-electron chi connectivity index (χ3n) is 1.88. The van der Waals surface area contributed by atoms with Crippen molar-refractivity contribution < 1.29 is 9.18 Å². The zero-order valence-corrected chi connectivity index (χ0v) is 8.85. The third-order valence-corrected chi connectivity index (χ3v) is 2.25. The minimum absolute atomic E-state index is 0.339. The van der Waals surface area contributed by atoms with Gasteiger partial charge in [-0.15, -0.1) is 0 Å². The fourth-order valence-electron chi connectivity index (χ4n) is 1.11. The summed E-state index contributed by atoms with van der Waals surface area (Å²) in [5, 5.41) is 3.03. The van der Waals surface area contributed by atoms with Crippen LogP contribution in [0.1, 0.15) is 5.56 Å². The van der Waals surface area contributed by atoms with Crippen LogP contribution in [0.5, 0.6) is 0 Å². The van der Waals surface area contributed by atoms with Gasteiger partial charge in [0.2, 0.25) is 0 Å². The second-order valence-electron chi connectivity index (χ2n) is 3.00. The molecule has 1 aromatic carbocycles. The van der Waals surface area contributed by atoms with E-state index in [9.17, 15) is 9.18 Å². The minimum Gasteiger partial charge on any atom is -0.350 e. The van der Waals surface area contributed by atoms with Crippen LogP contribution >= 0.6 is 11.6 Å².